The highest BCUT2D eigenvalue weighted by atomic mass is 19.1. The summed E-state index contributed by atoms with van der Waals surface area (Å²) in [6, 6.07) is 7.40. The highest BCUT2D eigenvalue weighted by Crippen LogP contribution is 2.30. The van der Waals surface area contributed by atoms with E-state index >= 15 is 0 Å². The number of carbonyl (C=O) groups is 2. The Morgan fingerprint density at radius 2 is 1.76 bits per heavy atom. The summed E-state index contributed by atoms with van der Waals surface area (Å²) < 4.78 is 25.3. The van der Waals surface area contributed by atoms with Crippen molar-refractivity contribution in [3.8, 4) is 5.75 Å². The molecule has 0 aliphatic rings. The highest BCUT2D eigenvalue weighted by Gasteiger charge is 2.29. The number of Topliss-reactive ketones (excluding diaryl/α,β-unsaturated/α-hetero) is 1. The van der Waals surface area contributed by atoms with Crippen LogP contribution in [0.1, 0.15) is 48.9 Å². The number of hydrogen-bond acceptors (Lipinski definition) is 7. The molecule has 0 spiro atoms. The van der Waals surface area contributed by atoms with Gasteiger partial charge in [-0.25, -0.2) is 14.6 Å². The van der Waals surface area contributed by atoms with E-state index in [-0.39, 0.29) is 18.3 Å². The minimum Gasteiger partial charge on any atom is -0.485 e. The quantitative estimate of drug-likeness (QED) is 0.229. The number of aryl methyl sites for hydroxylation is 1. The molecule has 34 heavy (non-hydrogen) atoms. The Balaban J connectivity index is 2.29. The summed E-state index contributed by atoms with van der Waals surface area (Å²) in [5.74, 6) is -1.10. The minimum absolute atomic E-state index is 0.0163. The number of primary amides is 1. The third-order valence-electron chi connectivity index (χ3n) is 5.84. The van der Waals surface area contributed by atoms with E-state index < -0.39 is 29.8 Å². The van der Waals surface area contributed by atoms with Gasteiger partial charge in [-0.3, -0.25) is 10.2 Å². The number of rotatable bonds is 10. The molecular formula is C25H33FN4O4. The minimum atomic E-state index is -1.13. The fraction of sp³-hybridized carbons (Fsp3) is 0.400. The molecule has 2 atom stereocenters. The van der Waals surface area contributed by atoms with Crippen LogP contribution in [0.2, 0.25) is 0 Å². The van der Waals surface area contributed by atoms with Crippen molar-refractivity contribution >= 4 is 23.5 Å². The fourth-order valence-corrected chi connectivity index (χ4v) is 3.50. The normalized spacial score (nSPS) is 12.7. The molecule has 1 amide bonds. The Hall–Kier alpha value is -3.46. The summed E-state index contributed by atoms with van der Waals surface area (Å²) in [6.45, 7) is 10.8. The number of anilines is 1. The van der Waals surface area contributed by atoms with Crippen molar-refractivity contribution in [1.29, 1.82) is 5.41 Å². The van der Waals surface area contributed by atoms with Crippen molar-refractivity contribution in [3.05, 3.63) is 58.4 Å². The van der Waals surface area contributed by atoms with Crippen LogP contribution < -0.4 is 21.3 Å². The Bertz CT molecular complexity index is 1070. The van der Waals surface area contributed by atoms with Gasteiger partial charge in [0.05, 0.1) is 5.69 Å². The van der Waals surface area contributed by atoms with Gasteiger partial charge in [-0.2, -0.15) is 0 Å². The molecule has 0 aliphatic carbocycles. The Morgan fingerprint density at radius 1 is 1.09 bits per heavy atom. The third-order valence-corrected chi connectivity index (χ3v) is 5.84. The second kappa shape index (κ2) is 11.6. The number of nitrogens with two attached hydrogens (primary N) is 1. The smallest absolute Gasteiger partial charge is 0.411 e. The number of amides is 1. The molecule has 0 saturated heterocycles. The molecule has 0 bridgehead atoms. The molecule has 2 aromatic carbocycles. The SMILES string of the molecule is Cc1ccc(F)c(C(C)C(NNc2cccc(OCC(=O)C(C)C)c2C)C(=N)OC(N)=O)c1C. The van der Waals surface area contributed by atoms with Crippen LogP contribution in [0, 0.1) is 37.9 Å². The summed E-state index contributed by atoms with van der Waals surface area (Å²) in [6.07, 6.45) is -1.13. The van der Waals surface area contributed by atoms with Crippen LogP contribution in [-0.2, 0) is 9.53 Å². The molecule has 0 radical (unpaired) electrons. The van der Waals surface area contributed by atoms with E-state index in [9.17, 15) is 14.0 Å². The molecule has 2 unspecified atom stereocenters. The van der Waals surface area contributed by atoms with Gasteiger partial charge < -0.3 is 20.6 Å². The molecule has 8 nitrogen and oxygen atoms in total. The van der Waals surface area contributed by atoms with Crippen molar-refractivity contribution in [2.24, 2.45) is 11.7 Å². The number of ketones is 1. The van der Waals surface area contributed by atoms with E-state index in [4.69, 9.17) is 20.6 Å². The van der Waals surface area contributed by atoms with Crippen LogP contribution in [0.15, 0.2) is 30.3 Å². The lowest BCUT2D eigenvalue weighted by molar-refractivity contribution is -0.123. The molecule has 0 heterocycles. The monoisotopic (exact) mass is 472 g/mol. The van der Waals surface area contributed by atoms with Crippen LogP contribution in [0.5, 0.6) is 5.75 Å². The van der Waals surface area contributed by atoms with Crippen molar-refractivity contribution < 1.29 is 23.5 Å². The van der Waals surface area contributed by atoms with E-state index in [1.54, 1.807) is 38.1 Å². The van der Waals surface area contributed by atoms with Gasteiger partial charge in [-0.15, -0.1) is 0 Å². The first kappa shape index (κ1) is 26.8. The molecular weight excluding hydrogens is 439 g/mol. The first-order chi connectivity index (χ1) is 15.9. The number of ether oxygens (including phenoxy) is 2. The summed E-state index contributed by atoms with van der Waals surface area (Å²) in [4.78, 5) is 23.2. The zero-order valence-electron chi connectivity index (χ0n) is 20.4. The number of hydrogen-bond donors (Lipinski definition) is 4. The van der Waals surface area contributed by atoms with Gasteiger partial charge in [0.15, 0.2) is 5.78 Å². The Kier molecular flexibility index (Phi) is 9.14. The molecule has 0 saturated carbocycles. The van der Waals surface area contributed by atoms with Crippen LogP contribution >= 0.6 is 0 Å². The molecule has 0 aromatic heterocycles. The summed E-state index contributed by atoms with van der Waals surface area (Å²) >= 11 is 0. The summed E-state index contributed by atoms with van der Waals surface area (Å²) in [5.41, 5.74) is 14.5. The molecule has 184 valence electrons. The van der Waals surface area contributed by atoms with Gasteiger partial charge in [-0.05, 0) is 55.7 Å². The molecule has 2 rings (SSSR count). The lowest BCUT2D eigenvalue weighted by Gasteiger charge is -2.28. The zero-order chi connectivity index (χ0) is 25.6. The van der Waals surface area contributed by atoms with E-state index in [1.165, 1.54) is 6.07 Å². The zero-order valence-corrected chi connectivity index (χ0v) is 20.4. The third kappa shape index (κ3) is 6.54. The van der Waals surface area contributed by atoms with Crippen molar-refractivity contribution in [2.75, 3.05) is 12.0 Å². The Morgan fingerprint density at radius 3 is 2.38 bits per heavy atom. The molecule has 0 aliphatic heterocycles. The van der Waals surface area contributed by atoms with E-state index in [0.717, 1.165) is 16.7 Å². The fourth-order valence-electron chi connectivity index (χ4n) is 3.50. The topological polar surface area (TPSA) is 127 Å². The number of hydrazine groups is 1. The van der Waals surface area contributed by atoms with Crippen LogP contribution in [0.3, 0.4) is 0 Å². The van der Waals surface area contributed by atoms with E-state index in [2.05, 4.69) is 10.9 Å². The average molecular weight is 473 g/mol. The molecule has 0 fully saturated rings. The van der Waals surface area contributed by atoms with Gasteiger partial charge in [0.2, 0.25) is 5.90 Å². The largest absolute Gasteiger partial charge is 0.485 e. The molecule has 9 heteroatoms. The highest BCUT2D eigenvalue weighted by molar-refractivity contribution is 5.89. The predicted octanol–water partition coefficient (Wildman–Crippen LogP) is 4.52. The van der Waals surface area contributed by atoms with Gasteiger partial charge >= 0.3 is 6.09 Å². The van der Waals surface area contributed by atoms with Gasteiger partial charge in [0, 0.05) is 17.4 Å². The maximum Gasteiger partial charge on any atom is 0.411 e. The summed E-state index contributed by atoms with van der Waals surface area (Å²) in [7, 11) is 0. The molecule has 5 N–H and O–H groups in total. The van der Waals surface area contributed by atoms with Gasteiger partial charge in [0.25, 0.3) is 0 Å². The number of nitrogens with one attached hydrogen (secondary N) is 3. The van der Waals surface area contributed by atoms with Crippen molar-refractivity contribution in [1.82, 2.24) is 5.43 Å². The lowest BCUT2D eigenvalue weighted by atomic mass is 9.88. The average Bonchev–Trinajstić information content (AvgIpc) is 2.76. The van der Waals surface area contributed by atoms with E-state index in [1.807, 2.05) is 27.7 Å². The lowest BCUT2D eigenvalue weighted by Crippen LogP contribution is -2.46. The van der Waals surface area contributed by atoms with Crippen LogP contribution in [0.4, 0.5) is 14.9 Å². The van der Waals surface area contributed by atoms with Gasteiger partial charge in [0.1, 0.15) is 24.2 Å². The summed E-state index contributed by atoms with van der Waals surface area (Å²) in [5, 5.41) is 8.26. The van der Waals surface area contributed by atoms with Crippen LogP contribution in [-0.4, -0.2) is 30.4 Å². The van der Waals surface area contributed by atoms with Crippen LogP contribution in [0.25, 0.3) is 0 Å². The first-order valence-corrected chi connectivity index (χ1v) is 11.0. The second-order valence-corrected chi connectivity index (χ2v) is 8.56. The number of benzene rings is 2. The van der Waals surface area contributed by atoms with Crippen molar-refractivity contribution in [2.45, 2.75) is 53.5 Å². The molecule has 2 aromatic rings. The maximum absolute atomic E-state index is 14.8. The van der Waals surface area contributed by atoms with E-state index in [0.29, 0.717) is 17.0 Å². The van der Waals surface area contributed by atoms with Gasteiger partial charge in [-0.1, -0.05) is 32.9 Å². The maximum atomic E-state index is 14.8. The number of halogens is 1. The Labute approximate surface area is 199 Å². The second-order valence-electron chi connectivity index (χ2n) is 8.56. The van der Waals surface area contributed by atoms with Crippen molar-refractivity contribution in [3.63, 3.8) is 0 Å². The first-order valence-electron chi connectivity index (χ1n) is 11.0. The predicted molar refractivity (Wildman–Crippen MR) is 130 cm³/mol. The number of carbonyl (C=O) groups excluding carboxylic acids is 2. The standard InChI is InChI=1S/C25H33FN4O4/c1-13(2)20(31)12-33-21-9-7-8-19(16(21)5)29-30-23(24(27)34-25(28)32)17(6)22-15(4)14(3)10-11-18(22)26/h7-11,13,17,23,27,29-30H,12H2,1-6H3,(H2,28,32).